The van der Waals surface area contributed by atoms with Gasteiger partial charge in [-0.2, -0.15) is 0 Å². The number of rotatable bonds is 6. The molecule has 1 aliphatic rings. The van der Waals surface area contributed by atoms with Crippen molar-refractivity contribution in [1.82, 2.24) is 0 Å². The van der Waals surface area contributed by atoms with E-state index in [2.05, 4.69) is 105 Å². The highest BCUT2D eigenvalue weighted by Gasteiger charge is 2.35. The molecule has 0 saturated heterocycles. The van der Waals surface area contributed by atoms with Crippen LogP contribution in [0.1, 0.15) is 30.5 Å². The third-order valence-corrected chi connectivity index (χ3v) is 10.1. The van der Waals surface area contributed by atoms with Crippen LogP contribution in [0.3, 0.4) is 0 Å². The third kappa shape index (κ3) is 5.11. The fourth-order valence-corrected chi connectivity index (χ4v) is 7.57. The van der Waals surface area contributed by atoms with E-state index < -0.39 is 0 Å². The van der Waals surface area contributed by atoms with Crippen molar-refractivity contribution in [2.75, 3.05) is 4.90 Å². The van der Waals surface area contributed by atoms with Crippen molar-refractivity contribution >= 4 is 27.8 Å². The van der Waals surface area contributed by atoms with Gasteiger partial charge in [0.25, 0.3) is 0 Å². The summed E-state index contributed by atoms with van der Waals surface area (Å²) in [5, 5.41) is 1.89. The van der Waals surface area contributed by atoms with E-state index in [1.165, 1.54) is 16.7 Å². The molecule has 0 atom stereocenters. The molecule has 0 radical (unpaired) electrons. The second-order valence-corrected chi connectivity index (χ2v) is 13.5. The van der Waals surface area contributed by atoms with Gasteiger partial charge in [-0.25, -0.2) is 0 Å². The molecule has 0 fully saturated rings. The van der Waals surface area contributed by atoms with Gasteiger partial charge >= 0.3 is 0 Å². The first-order chi connectivity index (χ1) is 26.2. The van der Waals surface area contributed by atoms with Crippen LogP contribution in [0.15, 0.2) is 188 Å². The topological polar surface area (TPSA) is 3.24 Å². The van der Waals surface area contributed by atoms with Crippen LogP contribution in [0.4, 0.5) is 17.1 Å². The van der Waals surface area contributed by atoms with E-state index in [4.69, 9.17) is 2.74 Å². The van der Waals surface area contributed by atoms with E-state index in [-0.39, 0.29) is 35.3 Å². The Balaban J connectivity index is 1.25. The molecule has 1 nitrogen and oxygen atoms in total. The molecular weight excluding hydrogens is 603 g/mol. The van der Waals surface area contributed by atoms with Gasteiger partial charge in [0.2, 0.25) is 0 Å². The van der Waals surface area contributed by atoms with Gasteiger partial charge in [-0.05, 0) is 109 Å². The molecule has 0 heterocycles. The van der Waals surface area contributed by atoms with Gasteiger partial charge in [-0.3, -0.25) is 0 Å². The van der Waals surface area contributed by atoms with Crippen molar-refractivity contribution in [1.29, 1.82) is 0 Å². The summed E-state index contributed by atoms with van der Waals surface area (Å²) in [6.45, 7) is 4.48. The average molecular weight is 644 g/mol. The minimum atomic E-state index is -0.269. The lowest BCUT2D eigenvalue weighted by Crippen LogP contribution is -2.16. The maximum absolute atomic E-state index is 9.82. The standard InChI is InChI=1S/C49H37N/c1-49(2)47-24-9-8-22-45(47)46-30-29-42(33-48(46)49)50(41-20-11-19-39(32-41)44-23-12-16-36-15-6-7-21-43(36)44)40-27-25-35(26-28-40)38-18-10-17-37(31-38)34-13-4-3-5-14-34/h3-33H,1-2H3/i11D,19D,20D,32D. The zero-order chi connectivity index (χ0) is 37.1. The Labute approximate surface area is 300 Å². The maximum Gasteiger partial charge on any atom is 0.0651 e. The van der Waals surface area contributed by atoms with Crippen LogP contribution in [0.2, 0.25) is 0 Å². The number of nitrogens with zero attached hydrogens (tertiary/aromatic N) is 1. The zero-order valence-corrected chi connectivity index (χ0v) is 28.0. The largest absolute Gasteiger partial charge is 0.310 e. The van der Waals surface area contributed by atoms with E-state index in [9.17, 15) is 2.74 Å². The molecule has 9 rings (SSSR count). The number of hydrogen-bond acceptors (Lipinski definition) is 1. The van der Waals surface area contributed by atoms with Crippen molar-refractivity contribution in [3.8, 4) is 44.5 Å². The van der Waals surface area contributed by atoms with E-state index >= 15 is 0 Å². The molecule has 0 saturated carbocycles. The molecule has 8 aromatic carbocycles. The van der Waals surface area contributed by atoms with Gasteiger partial charge in [0.1, 0.15) is 0 Å². The molecule has 238 valence electrons. The first-order valence-electron chi connectivity index (χ1n) is 19.1. The average Bonchev–Trinajstić information content (AvgIpc) is 3.44. The summed E-state index contributed by atoms with van der Waals surface area (Å²) in [6.07, 6.45) is 0. The lowest BCUT2D eigenvalue weighted by atomic mass is 9.82. The van der Waals surface area contributed by atoms with Crippen LogP contribution in [-0.4, -0.2) is 0 Å². The fraction of sp³-hybridized carbons (Fsp3) is 0.0612. The Morgan fingerprint density at radius 1 is 0.440 bits per heavy atom. The summed E-state index contributed by atoms with van der Waals surface area (Å²) in [4.78, 5) is 1.94. The molecule has 0 amide bonds. The third-order valence-electron chi connectivity index (χ3n) is 10.1. The van der Waals surface area contributed by atoms with Crippen LogP contribution in [0, 0.1) is 0 Å². The zero-order valence-electron chi connectivity index (χ0n) is 32.0. The first kappa shape index (κ1) is 25.8. The van der Waals surface area contributed by atoms with Gasteiger partial charge in [0.05, 0.1) is 5.48 Å². The Hall–Kier alpha value is -6.18. The molecule has 1 heteroatoms. The summed E-state index contributed by atoms with van der Waals surface area (Å²) in [7, 11) is 0. The summed E-state index contributed by atoms with van der Waals surface area (Å²) >= 11 is 0. The second-order valence-electron chi connectivity index (χ2n) is 13.5. The first-order valence-corrected chi connectivity index (χ1v) is 17.1. The number of benzene rings is 8. The summed E-state index contributed by atoms with van der Waals surface area (Å²) < 4.78 is 37.4. The summed E-state index contributed by atoms with van der Waals surface area (Å²) in [6, 6.07) is 55.3. The molecule has 0 spiro atoms. The maximum atomic E-state index is 9.82. The molecular formula is C49H37N. The van der Waals surface area contributed by atoms with Crippen molar-refractivity contribution in [2.45, 2.75) is 19.3 Å². The molecule has 0 aromatic heterocycles. The summed E-state index contributed by atoms with van der Waals surface area (Å²) in [5.41, 5.74) is 11.8. The number of anilines is 3. The summed E-state index contributed by atoms with van der Waals surface area (Å²) in [5.74, 6) is 0. The highest BCUT2D eigenvalue weighted by atomic mass is 15.1. The molecule has 1 aliphatic carbocycles. The minimum absolute atomic E-state index is 0.0417. The van der Waals surface area contributed by atoms with E-state index in [1.54, 1.807) is 0 Å². The Bertz CT molecular complexity index is 2730. The lowest BCUT2D eigenvalue weighted by Gasteiger charge is -2.28. The predicted octanol–water partition coefficient (Wildman–Crippen LogP) is 13.6. The Morgan fingerprint density at radius 3 is 1.90 bits per heavy atom. The van der Waals surface area contributed by atoms with Crippen LogP contribution < -0.4 is 4.90 Å². The minimum Gasteiger partial charge on any atom is -0.310 e. The normalized spacial score (nSPS) is 13.9. The molecule has 0 unspecified atom stereocenters. The van der Waals surface area contributed by atoms with E-state index in [1.807, 2.05) is 77.7 Å². The fourth-order valence-electron chi connectivity index (χ4n) is 7.57. The SMILES string of the molecule is [2H]c1c([2H])c(-c2cccc3ccccc23)c([2H])c(N(c2ccc(-c3cccc(-c4ccccc4)c3)cc2)c2ccc3c(c2)C(C)(C)c2ccccc2-3)c1[2H]. The molecule has 0 bridgehead atoms. The highest BCUT2D eigenvalue weighted by Crippen LogP contribution is 2.50. The quantitative estimate of drug-likeness (QED) is 0.174. The van der Waals surface area contributed by atoms with Crippen molar-refractivity contribution in [2.24, 2.45) is 0 Å². The van der Waals surface area contributed by atoms with Gasteiger partial charge in [0.15, 0.2) is 0 Å². The molecule has 0 aliphatic heterocycles. The monoisotopic (exact) mass is 643 g/mol. The Kier molecular flexibility index (Phi) is 6.22. The van der Waals surface area contributed by atoms with Gasteiger partial charge in [0, 0.05) is 22.5 Å². The van der Waals surface area contributed by atoms with Crippen LogP contribution in [0.25, 0.3) is 55.3 Å². The lowest BCUT2D eigenvalue weighted by molar-refractivity contribution is 0.660. The molecule has 8 aromatic rings. The van der Waals surface area contributed by atoms with E-state index in [0.717, 1.165) is 50.0 Å². The van der Waals surface area contributed by atoms with Crippen LogP contribution in [0.5, 0.6) is 0 Å². The predicted molar refractivity (Wildman–Crippen MR) is 213 cm³/mol. The molecule has 50 heavy (non-hydrogen) atoms. The Morgan fingerprint density at radius 2 is 1.06 bits per heavy atom. The van der Waals surface area contributed by atoms with Gasteiger partial charge in [-0.1, -0.05) is 159 Å². The second kappa shape index (κ2) is 12.1. The molecule has 0 N–H and O–H groups in total. The van der Waals surface area contributed by atoms with Gasteiger partial charge in [-0.15, -0.1) is 0 Å². The number of hydrogen-bond donors (Lipinski definition) is 0. The van der Waals surface area contributed by atoms with Crippen molar-refractivity contribution in [3.05, 3.63) is 199 Å². The van der Waals surface area contributed by atoms with Crippen molar-refractivity contribution in [3.63, 3.8) is 0 Å². The van der Waals surface area contributed by atoms with E-state index in [0.29, 0.717) is 11.1 Å². The van der Waals surface area contributed by atoms with Crippen molar-refractivity contribution < 1.29 is 5.48 Å². The highest BCUT2D eigenvalue weighted by molar-refractivity contribution is 5.97. The number of fused-ring (bicyclic) bond motifs is 4. The smallest absolute Gasteiger partial charge is 0.0651 e. The van der Waals surface area contributed by atoms with Crippen LogP contribution >= 0.6 is 0 Å². The van der Waals surface area contributed by atoms with Gasteiger partial charge < -0.3 is 4.90 Å². The van der Waals surface area contributed by atoms with Crippen LogP contribution in [-0.2, 0) is 5.41 Å².